The van der Waals surface area contributed by atoms with Gasteiger partial charge < -0.3 is 19.4 Å². The number of ether oxygens (including phenoxy) is 2. The van der Waals surface area contributed by atoms with Crippen LogP contribution >= 0.6 is 22.7 Å². The van der Waals surface area contributed by atoms with Crippen LogP contribution in [-0.2, 0) is 48.3 Å². The topological polar surface area (TPSA) is 133 Å². The van der Waals surface area contributed by atoms with Crippen molar-refractivity contribution in [1.29, 1.82) is 0 Å². The summed E-state index contributed by atoms with van der Waals surface area (Å²) in [7, 11) is -4.14. The number of rotatable bonds is 11. The Morgan fingerprint density at radius 2 is 1.83 bits per heavy atom. The van der Waals surface area contributed by atoms with E-state index in [1.54, 1.807) is 6.92 Å². The van der Waals surface area contributed by atoms with Gasteiger partial charge in [0.25, 0.3) is 5.91 Å². The Morgan fingerprint density at radius 1 is 1.05 bits per heavy atom. The number of thiazole rings is 1. The molecule has 0 fully saturated rings. The van der Waals surface area contributed by atoms with Gasteiger partial charge in [0.15, 0.2) is 14.6 Å². The van der Waals surface area contributed by atoms with Gasteiger partial charge in [0.05, 0.1) is 29.0 Å². The molecule has 0 saturated heterocycles. The molecule has 0 atom stereocenters. The van der Waals surface area contributed by atoms with Crippen LogP contribution in [0.4, 0.5) is 5.00 Å². The first kappa shape index (κ1) is 31.1. The fourth-order valence-corrected chi connectivity index (χ4v) is 8.25. The van der Waals surface area contributed by atoms with E-state index >= 15 is 0 Å². The van der Waals surface area contributed by atoms with Crippen LogP contribution in [0.2, 0.25) is 0 Å². The van der Waals surface area contributed by atoms with Gasteiger partial charge in [-0.15, -0.1) is 11.3 Å². The summed E-state index contributed by atoms with van der Waals surface area (Å²) in [5.41, 5.74) is 3.10. The Bertz CT molecular complexity index is 1620. The standard InChI is InChI=1S/C28H35N3O7S3/c1-4-37-14-13-31-20-12-11-18(3)15-22(20)40-28(31)30-24(33)17-41(35,36)16-23(32)29-26-25(27(34)38-5-2)19-9-7-6-8-10-21(19)39-26/h11-12,15H,4-10,13-14,16-17H2,1-3H3,(H,29,32). The third kappa shape index (κ3) is 7.91. The zero-order chi connectivity index (χ0) is 29.6. The summed E-state index contributed by atoms with van der Waals surface area (Å²) in [5, 5.41) is 2.90. The molecule has 1 aromatic carbocycles. The van der Waals surface area contributed by atoms with Crippen molar-refractivity contribution in [2.75, 3.05) is 36.6 Å². The summed E-state index contributed by atoms with van der Waals surface area (Å²) in [4.78, 5) is 43.9. The Balaban J connectivity index is 1.51. The second-order valence-corrected chi connectivity index (χ2v) is 14.0. The van der Waals surface area contributed by atoms with E-state index in [9.17, 15) is 22.8 Å². The van der Waals surface area contributed by atoms with Gasteiger partial charge in [-0.05, 0) is 69.7 Å². The molecule has 1 aliphatic rings. The highest BCUT2D eigenvalue weighted by Crippen LogP contribution is 2.38. The molecule has 10 nitrogen and oxygen atoms in total. The zero-order valence-corrected chi connectivity index (χ0v) is 25.9. The van der Waals surface area contributed by atoms with Crippen LogP contribution in [0.3, 0.4) is 0 Å². The highest BCUT2D eigenvalue weighted by molar-refractivity contribution is 7.92. The summed E-state index contributed by atoms with van der Waals surface area (Å²) >= 11 is 2.58. The Kier molecular flexibility index (Phi) is 10.5. The molecule has 0 radical (unpaired) electrons. The van der Waals surface area contributed by atoms with Gasteiger partial charge in [0.2, 0.25) is 5.91 Å². The van der Waals surface area contributed by atoms with E-state index in [2.05, 4.69) is 10.3 Å². The molecule has 2 amide bonds. The predicted octanol–water partition coefficient (Wildman–Crippen LogP) is 4.04. The summed E-state index contributed by atoms with van der Waals surface area (Å²) in [6.45, 7) is 7.15. The number of sulfone groups is 1. The molecule has 1 N–H and O–H groups in total. The van der Waals surface area contributed by atoms with E-state index in [0.717, 1.165) is 51.9 Å². The maximum Gasteiger partial charge on any atom is 0.341 e. The summed E-state index contributed by atoms with van der Waals surface area (Å²) < 4.78 is 39.2. The van der Waals surface area contributed by atoms with Gasteiger partial charge in [-0.3, -0.25) is 9.59 Å². The molecule has 0 aliphatic heterocycles. The molecule has 41 heavy (non-hydrogen) atoms. The van der Waals surface area contributed by atoms with Crippen LogP contribution in [0.1, 0.15) is 59.5 Å². The number of hydrogen-bond donors (Lipinski definition) is 1. The van der Waals surface area contributed by atoms with Crippen LogP contribution < -0.4 is 10.1 Å². The fraction of sp³-hybridized carbons (Fsp3) is 0.500. The van der Waals surface area contributed by atoms with Gasteiger partial charge in [-0.1, -0.05) is 23.8 Å². The van der Waals surface area contributed by atoms with Gasteiger partial charge in [0, 0.05) is 18.0 Å². The van der Waals surface area contributed by atoms with E-state index in [1.165, 1.54) is 22.7 Å². The first-order valence-electron chi connectivity index (χ1n) is 13.7. The number of fused-ring (bicyclic) bond motifs is 2. The number of nitrogens with zero attached hydrogens (tertiary/aromatic N) is 2. The molecule has 222 valence electrons. The first-order chi connectivity index (χ1) is 19.6. The number of aryl methyl sites for hydroxylation is 2. The maximum atomic E-state index is 12.9. The molecule has 13 heteroatoms. The normalized spacial score (nSPS) is 14.1. The Hall–Kier alpha value is -2.87. The summed E-state index contributed by atoms with van der Waals surface area (Å²) in [6.07, 6.45) is 4.45. The molecular formula is C28H35N3O7S3. The smallest absolute Gasteiger partial charge is 0.341 e. The zero-order valence-electron chi connectivity index (χ0n) is 23.5. The van der Waals surface area contributed by atoms with Crippen molar-refractivity contribution in [3.05, 3.63) is 44.6 Å². The third-order valence-corrected chi connectivity index (χ3v) is 10.2. The van der Waals surface area contributed by atoms with Crippen LogP contribution in [0.25, 0.3) is 10.2 Å². The van der Waals surface area contributed by atoms with Crippen molar-refractivity contribution in [1.82, 2.24) is 4.57 Å². The molecule has 3 aromatic rings. The lowest BCUT2D eigenvalue weighted by atomic mass is 10.1. The second-order valence-electron chi connectivity index (χ2n) is 9.78. The fourth-order valence-electron chi connectivity index (χ4n) is 4.77. The highest BCUT2D eigenvalue weighted by Gasteiger charge is 2.28. The molecule has 0 spiro atoms. The number of benzene rings is 1. The molecule has 0 unspecified atom stereocenters. The number of carbonyl (C=O) groups is 3. The predicted molar refractivity (Wildman–Crippen MR) is 160 cm³/mol. The Morgan fingerprint density at radius 3 is 2.59 bits per heavy atom. The van der Waals surface area contributed by atoms with E-state index in [1.807, 2.05) is 36.6 Å². The number of amides is 2. The number of thiophene rings is 1. The molecule has 0 saturated carbocycles. The first-order valence-corrected chi connectivity index (χ1v) is 17.1. The third-order valence-electron chi connectivity index (χ3n) is 6.57. The maximum absolute atomic E-state index is 12.9. The lowest BCUT2D eigenvalue weighted by molar-refractivity contribution is -0.115. The van der Waals surface area contributed by atoms with E-state index in [-0.39, 0.29) is 6.61 Å². The minimum Gasteiger partial charge on any atom is -0.462 e. The van der Waals surface area contributed by atoms with Crippen molar-refractivity contribution in [2.45, 2.75) is 59.4 Å². The second kappa shape index (κ2) is 13.9. The van der Waals surface area contributed by atoms with Gasteiger partial charge >= 0.3 is 5.97 Å². The number of nitrogens with one attached hydrogen (secondary N) is 1. The van der Waals surface area contributed by atoms with Crippen LogP contribution in [0.15, 0.2) is 23.2 Å². The molecule has 2 aromatic heterocycles. The van der Waals surface area contributed by atoms with Crippen molar-refractivity contribution in [3.63, 3.8) is 0 Å². The number of aromatic nitrogens is 1. The lowest BCUT2D eigenvalue weighted by Gasteiger charge is -2.08. The SMILES string of the molecule is CCOCCn1c(=NC(=O)CS(=O)(=O)CC(=O)Nc2sc3c(c2C(=O)OCC)CCCCC3)sc2cc(C)ccc21. The van der Waals surface area contributed by atoms with Crippen molar-refractivity contribution in [3.8, 4) is 0 Å². The monoisotopic (exact) mass is 621 g/mol. The van der Waals surface area contributed by atoms with Gasteiger partial charge in [-0.2, -0.15) is 4.99 Å². The molecule has 1 aliphatic carbocycles. The largest absolute Gasteiger partial charge is 0.462 e. The van der Waals surface area contributed by atoms with Crippen LogP contribution in [0.5, 0.6) is 0 Å². The van der Waals surface area contributed by atoms with E-state index in [4.69, 9.17) is 9.47 Å². The molecular weight excluding hydrogens is 587 g/mol. The highest BCUT2D eigenvalue weighted by atomic mass is 32.2. The van der Waals surface area contributed by atoms with Crippen molar-refractivity contribution in [2.24, 2.45) is 4.99 Å². The molecule has 2 heterocycles. The van der Waals surface area contributed by atoms with E-state index < -0.39 is 39.1 Å². The van der Waals surface area contributed by atoms with Crippen molar-refractivity contribution < 1.29 is 32.3 Å². The Labute approximate surface area is 247 Å². The molecule has 4 rings (SSSR count). The average Bonchev–Trinajstić information content (AvgIpc) is 3.29. The molecule has 0 bridgehead atoms. The summed E-state index contributed by atoms with van der Waals surface area (Å²) in [5.74, 6) is -4.03. The van der Waals surface area contributed by atoms with Crippen LogP contribution in [-0.4, -0.2) is 62.1 Å². The quantitative estimate of drug-likeness (QED) is 0.194. The minimum absolute atomic E-state index is 0.182. The van der Waals surface area contributed by atoms with Gasteiger partial charge in [0.1, 0.15) is 16.5 Å². The number of carbonyl (C=O) groups excluding carboxylic acids is 3. The average molecular weight is 622 g/mol. The minimum atomic E-state index is -4.14. The van der Waals surface area contributed by atoms with E-state index in [0.29, 0.717) is 41.5 Å². The number of esters is 1. The number of hydrogen-bond acceptors (Lipinski definition) is 9. The van der Waals surface area contributed by atoms with Crippen molar-refractivity contribution >= 4 is 65.5 Å². The summed E-state index contributed by atoms with van der Waals surface area (Å²) in [6, 6.07) is 5.88. The lowest BCUT2D eigenvalue weighted by Crippen LogP contribution is -2.28. The van der Waals surface area contributed by atoms with Gasteiger partial charge in [-0.25, -0.2) is 13.2 Å². The number of anilines is 1. The van der Waals surface area contributed by atoms with Crippen LogP contribution in [0, 0.1) is 6.92 Å².